The number of rotatable bonds is 6. The average molecular weight is 372 g/mol. The van der Waals surface area contributed by atoms with E-state index in [2.05, 4.69) is 17.0 Å². The van der Waals surface area contributed by atoms with Crippen LogP contribution in [0.5, 0.6) is 11.5 Å². The molecule has 0 spiro atoms. The summed E-state index contributed by atoms with van der Waals surface area (Å²) in [7, 11) is 3.35. The van der Waals surface area contributed by atoms with Crippen LogP contribution in [0.3, 0.4) is 0 Å². The lowest BCUT2D eigenvalue weighted by atomic mass is 9.94. The summed E-state index contributed by atoms with van der Waals surface area (Å²) in [5, 5.41) is 0. The molecule has 2 unspecified atom stereocenters. The fourth-order valence-electron chi connectivity index (χ4n) is 4.51. The van der Waals surface area contributed by atoms with Gasteiger partial charge in [-0.3, -0.25) is 9.69 Å². The van der Waals surface area contributed by atoms with Crippen LogP contribution in [0.2, 0.25) is 0 Å². The number of benzene rings is 1. The first-order chi connectivity index (χ1) is 13.2. The molecular formula is C21H28N2O4. The Labute approximate surface area is 160 Å². The fraction of sp³-hybridized carbons (Fsp3) is 0.571. The quantitative estimate of drug-likeness (QED) is 0.765. The molecule has 0 radical (unpaired) electrons. The van der Waals surface area contributed by atoms with Crippen molar-refractivity contribution in [3.63, 3.8) is 0 Å². The molecule has 27 heavy (non-hydrogen) atoms. The van der Waals surface area contributed by atoms with E-state index in [0.717, 1.165) is 49.5 Å². The highest BCUT2D eigenvalue weighted by molar-refractivity contribution is 5.80. The largest absolute Gasteiger partial charge is 0.493 e. The Morgan fingerprint density at radius 1 is 1.22 bits per heavy atom. The molecule has 2 bridgehead atoms. The van der Waals surface area contributed by atoms with Gasteiger partial charge in [0.15, 0.2) is 11.5 Å². The number of methoxy groups -OCH3 is 2. The van der Waals surface area contributed by atoms with Crippen LogP contribution < -0.4 is 9.47 Å². The SMILES string of the molecule is COCCN1C(=O)C2CCC1CN(CC1=Cc3cccc(OC)c3OC1)C2. The predicted octanol–water partition coefficient (Wildman–Crippen LogP) is 2.04. The summed E-state index contributed by atoms with van der Waals surface area (Å²) >= 11 is 0. The Bertz CT molecular complexity index is 733. The second kappa shape index (κ2) is 7.90. The standard InChI is InChI=1S/C21H28N2O4/c1-25-9-8-23-18-7-6-17(21(23)24)12-22(13-18)11-15-10-16-4-3-5-19(26-2)20(16)27-14-15/h3-5,10,17-18H,6-9,11-14H2,1-2H3. The molecule has 146 valence electrons. The molecule has 2 atom stereocenters. The molecule has 0 saturated carbocycles. The van der Waals surface area contributed by atoms with Crippen molar-refractivity contribution in [2.75, 3.05) is 53.6 Å². The van der Waals surface area contributed by atoms with Crippen LogP contribution in [0, 0.1) is 5.92 Å². The Kier molecular flexibility index (Phi) is 5.36. The maximum Gasteiger partial charge on any atom is 0.227 e. The lowest BCUT2D eigenvalue weighted by molar-refractivity contribution is -0.140. The minimum absolute atomic E-state index is 0.109. The number of para-hydroxylation sites is 1. The van der Waals surface area contributed by atoms with Gasteiger partial charge in [0.25, 0.3) is 0 Å². The number of fused-ring (bicyclic) bond motifs is 5. The minimum Gasteiger partial charge on any atom is -0.493 e. The van der Waals surface area contributed by atoms with Crippen LogP contribution in [0.25, 0.3) is 6.08 Å². The lowest BCUT2D eigenvalue weighted by Gasteiger charge is -2.36. The van der Waals surface area contributed by atoms with Crippen molar-refractivity contribution in [2.24, 2.45) is 5.92 Å². The molecule has 0 aliphatic carbocycles. The normalized spacial score (nSPS) is 24.9. The first kappa shape index (κ1) is 18.3. The van der Waals surface area contributed by atoms with Crippen LogP contribution in [-0.4, -0.2) is 75.4 Å². The van der Waals surface area contributed by atoms with Gasteiger partial charge in [-0.1, -0.05) is 12.1 Å². The van der Waals surface area contributed by atoms with Gasteiger partial charge in [0.2, 0.25) is 5.91 Å². The molecule has 3 saturated heterocycles. The van der Waals surface area contributed by atoms with Gasteiger partial charge >= 0.3 is 0 Å². The Morgan fingerprint density at radius 2 is 2.11 bits per heavy atom. The third kappa shape index (κ3) is 3.69. The Balaban J connectivity index is 1.47. The molecule has 4 aliphatic rings. The summed E-state index contributed by atoms with van der Waals surface area (Å²) < 4.78 is 16.6. The highest BCUT2D eigenvalue weighted by Crippen LogP contribution is 2.36. The summed E-state index contributed by atoms with van der Waals surface area (Å²) in [6.45, 7) is 4.47. The van der Waals surface area contributed by atoms with Crippen molar-refractivity contribution in [2.45, 2.75) is 18.9 Å². The highest BCUT2D eigenvalue weighted by atomic mass is 16.5. The first-order valence-corrected chi connectivity index (χ1v) is 9.70. The van der Waals surface area contributed by atoms with Gasteiger partial charge in [-0.05, 0) is 30.6 Å². The summed E-state index contributed by atoms with van der Waals surface area (Å²) in [5.41, 5.74) is 2.30. The highest BCUT2D eigenvalue weighted by Gasteiger charge is 2.40. The molecule has 0 aromatic heterocycles. The van der Waals surface area contributed by atoms with Gasteiger partial charge in [-0.15, -0.1) is 0 Å². The number of carbonyl (C=O) groups is 1. The number of nitrogens with zero attached hydrogens (tertiary/aromatic N) is 2. The molecule has 0 N–H and O–H groups in total. The Hall–Kier alpha value is -2.05. The van der Waals surface area contributed by atoms with Gasteiger partial charge in [0.05, 0.1) is 19.6 Å². The van der Waals surface area contributed by atoms with E-state index < -0.39 is 0 Å². The molecule has 4 aliphatic heterocycles. The maximum atomic E-state index is 12.8. The van der Waals surface area contributed by atoms with Gasteiger partial charge in [-0.2, -0.15) is 0 Å². The van der Waals surface area contributed by atoms with Gasteiger partial charge in [-0.25, -0.2) is 0 Å². The average Bonchev–Trinajstić information content (AvgIpc) is 2.96. The van der Waals surface area contributed by atoms with Crippen LogP contribution in [0.1, 0.15) is 18.4 Å². The summed E-state index contributed by atoms with van der Waals surface area (Å²) in [4.78, 5) is 17.2. The monoisotopic (exact) mass is 372 g/mol. The molecule has 5 rings (SSSR count). The van der Waals surface area contributed by atoms with Gasteiger partial charge in [0, 0.05) is 44.9 Å². The molecule has 3 fully saturated rings. The zero-order valence-electron chi connectivity index (χ0n) is 16.1. The topological polar surface area (TPSA) is 51.2 Å². The molecule has 1 aromatic rings. The molecular weight excluding hydrogens is 344 g/mol. The van der Waals surface area contributed by atoms with E-state index in [4.69, 9.17) is 14.2 Å². The minimum atomic E-state index is 0.109. The van der Waals surface area contributed by atoms with Crippen molar-refractivity contribution in [1.82, 2.24) is 9.80 Å². The molecule has 6 heteroatoms. The van der Waals surface area contributed by atoms with Crippen molar-refractivity contribution < 1.29 is 19.0 Å². The summed E-state index contributed by atoms with van der Waals surface area (Å²) in [5.74, 6) is 2.00. The van der Waals surface area contributed by atoms with Gasteiger partial charge in [0.1, 0.15) is 6.61 Å². The molecule has 6 nitrogen and oxygen atoms in total. The zero-order chi connectivity index (χ0) is 18.8. The lowest BCUT2D eigenvalue weighted by Crippen LogP contribution is -2.49. The smallest absolute Gasteiger partial charge is 0.227 e. The fourth-order valence-corrected chi connectivity index (χ4v) is 4.51. The van der Waals surface area contributed by atoms with Crippen LogP contribution in [-0.2, 0) is 9.53 Å². The van der Waals surface area contributed by atoms with E-state index >= 15 is 0 Å². The third-order valence-electron chi connectivity index (χ3n) is 5.82. The van der Waals surface area contributed by atoms with Gasteiger partial charge < -0.3 is 19.1 Å². The third-order valence-corrected chi connectivity index (χ3v) is 5.82. The number of amides is 1. The number of hydrogen-bond donors (Lipinski definition) is 0. The van der Waals surface area contributed by atoms with Crippen molar-refractivity contribution in [3.8, 4) is 11.5 Å². The van der Waals surface area contributed by atoms with Crippen LogP contribution >= 0.6 is 0 Å². The van der Waals surface area contributed by atoms with E-state index in [9.17, 15) is 4.79 Å². The maximum absolute atomic E-state index is 12.8. The number of piperidine rings is 1. The number of ether oxygens (including phenoxy) is 3. The van der Waals surface area contributed by atoms with Crippen molar-refractivity contribution >= 4 is 12.0 Å². The molecule has 1 aromatic carbocycles. The van der Waals surface area contributed by atoms with Crippen LogP contribution in [0.4, 0.5) is 0 Å². The van der Waals surface area contributed by atoms with Crippen molar-refractivity contribution in [3.05, 3.63) is 29.3 Å². The van der Waals surface area contributed by atoms with Crippen molar-refractivity contribution in [1.29, 1.82) is 0 Å². The first-order valence-electron chi connectivity index (χ1n) is 9.70. The Morgan fingerprint density at radius 3 is 2.93 bits per heavy atom. The summed E-state index contributed by atoms with van der Waals surface area (Å²) in [6, 6.07) is 6.26. The van der Waals surface area contributed by atoms with E-state index in [0.29, 0.717) is 31.7 Å². The molecule has 4 heterocycles. The molecule has 1 amide bonds. The van der Waals surface area contributed by atoms with E-state index in [1.807, 2.05) is 17.0 Å². The second-order valence-electron chi connectivity index (χ2n) is 7.62. The summed E-state index contributed by atoms with van der Waals surface area (Å²) in [6.07, 6.45) is 4.30. The van der Waals surface area contributed by atoms with Crippen LogP contribution in [0.15, 0.2) is 23.8 Å². The predicted molar refractivity (Wildman–Crippen MR) is 103 cm³/mol. The van der Waals surface area contributed by atoms with E-state index in [-0.39, 0.29) is 5.92 Å². The number of carbonyl (C=O) groups excluding carboxylic acids is 1. The van der Waals surface area contributed by atoms with E-state index in [1.54, 1.807) is 14.2 Å². The van der Waals surface area contributed by atoms with E-state index in [1.165, 1.54) is 5.57 Å². The second-order valence-corrected chi connectivity index (χ2v) is 7.62. The number of hydrogen-bond acceptors (Lipinski definition) is 5. The zero-order valence-corrected chi connectivity index (χ0v) is 16.1.